The summed E-state index contributed by atoms with van der Waals surface area (Å²) in [5.74, 6) is -1.46. The number of aromatic nitrogens is 2. The minimum absolute atomic E-state index is 0.0437. The highest BCUT2D eigenvalue weighted by atomic mass is 32.2. The number of carbonyl (C=O) groups is 1. The third kappa shape index (κ3) is 5.31. The SMILES string of the molecule is O=C(NCc1cc(-c2ccc(OC(F)(F)F)cc2)ncn1)[C@@H]1CCN1S(=O)(=O)c1cc2cc(F)ccc2o1. The number of carbonyl (C=O) groups excluding carboxylic acids is 1. The number of hydrogen-bond donors (Lipinski definition) is 1. The molecule has 0 saturated carbocycles. The summed E-state index contributed by atoms with van der Waals surface area (Å²) in [6.07, 6.45) is -3.27. The topological polar surface area (TPSA) is 115 Å². The second-order valence-corrected chi connectivity index (χ2v) is 10.2. The Morgan fingerprint density at radius 2 is 1.87 bits per heavy atom. The average molecular weight is 550 g/mol. The highest BCUT2D eigenvalue weighted by Crippen LogP contribution is 2.31. The van der Waals surface area contributed by atoms with Gasteiger partial charge in [-0.2, -0.15) is 4.31 Å². The van der Waals surface area contributed by atoms with Gasteiger partial charge in [0.1, 0.15) is 29.5 Å². The molecule has 0 aliphatic carbocycles. The van der Waals surface area contributed by atoms with Crippen molar-refractivity contribution < 1.29 is 39.9 Å². The predicted octanol–water partition coefficient (Wildman–Crippen LogP) is 4.01. The first-order valence-corrected chi connectivity index (χ1v) is 12.6. The number of sulfonamides is 1. The number of rotatable bonds is 7. The van der Waals surface area contributed by atoms with Gasteiger partial charge >= 0.3 is 6.36 Å². The molecule has 0 radical (unpaired) electrons. The standard InChI is InChI=1S/C24H18F4N4O5S/c25-16-3-6-21-15(9-16)10-22(36-21)38(34,35)32-8-7-20(32)23(33)29-12-17-11-19(31-13-30-17)14-1-4-18(5-2-14)37-24(26,27)28/h1-6,9-11,13,20H,7-8,12H2,(H,29,33)/t20-/m0/s1. The Hall–Kier alpha value is -4.04. The van der Waals surface area contributed by atoms with Gasteiger partial charge in [-0.05, 0) is 55.0 Å². The number of furan rings is 1. The van der Waals surface area contributed by atoms with Gasteiger partial charge in [-0.1, -0.05) is 0 Å². The van der Waals surface area contributed by atoms with Crippen LogP contribution in [0.25, 0.3) is 22.2 Å². The van der Waals surface area contributed by atoms with Gasteiger partial charge in [-0.25, -0.2) is 22.8 Å². The molecule has 4 aromatic rings. The molecule has 5 rings (SSSR count). The Balaban J connectivity index is 1.24. The number of alkyl halides is 3. The molecule has 3 heterocycles. The highest BCUT2D eigenvalue weighted by molar-refractivity contribution is 7.89. The second-order valence-electron chi connectivity index (χ2n) is 8.35. The minimum atomic E-state index is -4.80. The maximum atomic E-state index is 13.5. The molecule has 1 saturated heterocycles. The van der Waals surface area contributed by atoms with Crippen molar-refractivity contribution in [3.63, 3.8) is 0 Å². The normalized spacial score (nSPS) is 16.3. The molecule has 1 atom stereocenters. The Labute approximate surface area is 213 Å². The van der Waals surface area contributed by atoms with E-state index in [-0.39, 0.29) is 34.9 Å². The van der Waals surface area contributed by atoms with Crippen LogP contribution in [-0.2, 0) is 21.4 Å². The van der Waals surface area contributed by atoms with E-state index >= 15 is 0 Å². The Morgan fingerprint density at radius 1 is 1.11 bits per heavy atom. The van der Waals surface area contributed by atoms with E-state index in [9.17, 15) is 30.8 Å². The number of amides is 1. The summed E-state index contributed by atoms with van der Waals surface area (Å²) < 4.78 is 86.8. The molecular formula is C24H18F4N4O5S. The lowest BCUT2D eigenvalue weighted by Gasteiger charge is -2.37. The number of ether oxygens (including phenoxy) is 1. The molecule has 38 heavy (non-hydrogen) atoms. The summed E-state index contributed by atoms with van der Waals surface area (Å²) in [5, 5.41) is 2.54. The number of halogens is 4. The van der Waals surface area contributed by atoms with Crippen LogP contribution in [0.3, 0.4) is 0 Å². The first kappa shape index (κ1) is 25.6. The van der Waals surface area contributed by atoms with Crippen molar-refractivity contribution in [2.45, 2.75) is 30.5 Å². The van der Waals surface area contributed by atoms with Gasteiger partial charge < -0.3 is 14.5 Å². The fourth-order valence-electron chi connectivity index (χ4n) is 3.92. The van der Waals surface area contributed by atoms with Crippen LogP contribution in [0.4, 0.5) is 17.6 Å². The predicted molar refractivity (Wildman–Crippen MR) is 124 cm³/mol. The Morgan fingerprint density at radius 3 is 2.55 bits per heavy atom. The fourth-order valence-corrected chi connectivity index (χ4v) is 5.50. The zero-order valence-corrected chi connectivity index (χ0v) is 20.1. The highest BCUT2D eigenvalue weighted by Gasteiger charge is 2.44. The van der Waals surface area contributed by atoms with Crippen LogP contribution in [0.1, 0.15) is 12.1 Å². The molecule has 198 valence electrons. The zero-order chi connectivity index (χ0) is 27.1. The molecular weight excluding hydrogens is 532 g/mol. The molecule has 1 aliphatic heterocycles. The van der Waals surface area contributed by atoms with Crippen LogP contribution in [0.15, 0.2) is 70.4 Å². The number of benzene rings is 2. The third-order valence-electron chi connectivity index (χ3n) is 5.84. The van der Waals surface area contributed by atoms with Crippen molar-refractivity contribution in [2.24, 2.45) is 0 Å². The van der Waals surface area contributed by atoms with E-state index in [1.54, 1.807) is 6.07 Å². The van der Waals surface area contributed by atoms with Gasteiger partial charge in [0.05, 0.1) is 17.9 Å². The van der Waals surface area contributed by atoms with Crippen molar-refractivity contribution in [3.05, 3.63) is 72.4 Å². The van der Waals surface area contributed by atoms with E-state index < -0.39 is 34.2 Å². The van der Waals surface area contributed by atoms with E-state index in [0.717, 1.165) is 28.6 Å². The van der Waals surface area contributed by atoms with E-state index in [1.165, 1.54) is 30.6 Å². The molecule has 0 unspecified atom stereocenters. The van der Waals surface area contributed by atoms with E-state index in [4.69, 9.17) is 4.42 Å². The van der Waals surface area contributed by atoms with Gasteiger partial charge in [0, 0.05) is 23.6 Å². The first-order valence-electron chi connectivity index (χ1n) is 11.2. The monoisotopic (exact) mass is 550 g/mol. The summed E-state index contributed by atoms with van der Waals surface area (Å²) >= 11 is 0. The maximum absolute atomic E-state index is 13.5. The third-order valence-corrected chi connectivity index (χ3v) is 7.61. The van der Waals surface area contributed by atoms with Gasteiger partial charge in [0.25, 0.3) is 10.0 Å². The van der Waals surface area contributed by atoms with Crippen LogP contribution in [-0.4, -0.2) is 47.5 Å². The van der Waals surface area contributed by atoms with Crippen molar-refractivity contribution in [1.29, 1.82) is 0 Å². The lowest BCUT2D eigenvalue weighted by atomic mass is 10.1. The number of fused-ring (bicyclic) bond motifs is 1. The van der Waals surface area contributed by atoms with Crippen molar-refractivity contribution in [3.8, 4) is 17.0 Å². The van der Waals surface area contributed by atoms with Crippen LogP contribution in [0, 0.1) is 5.82 Å². The summed E-state index contributed by atoms with van der Waals surface area (Å²) in [7, 11) is -4.13. The molecule has 9 nitrogen and oxygen atoms in total. The lowest BCUT2D eigenvalue weighted by molar-refractivity contribution is -0.274. The summed E-state index contributed by atoms with van der Waals surface area (Å²) in [5.41, 5.74) is 1.49. The maximum Gasteiger partial charge on any atom is 0.573 e. The molecule has 1 N–H and O–H groups in total. The van der Waals surface area contributed by atoms with Crippen molar-refractivity contribution in [2.75, 3.05) is 6.54 Å². The van der Waals surface area contributed by atoms with Crippen LogP contribution in [0.2, 0.25) is 0 Å². The minimum Gasteiger partial charge on any atom is -0.443 e. The molecule has 0 spiro atoms. The van der Waals surface area contributed by atoms with Crippen LogP contribution >= 0.6 is 0 Å². The molecule has 1 aliphatic rings. The van der Waals surface area contributed by atoms with Gasteiger partial charge in [0.15, 0.2) is 0 Å². The molecule has 2 aromatic heterocycles. The summed E-state index contributed by atoms with van der Waals surface area (Å²) in [4.78, 5) is 20.9. The van der Waals surface area contributed by atoms with E-state index in [2.05, 4.69) is 20.0 Å². The molecule has 14 heteroatoms. The smallest absolute Gasteiger partial charge is 0.443 e. The van der Waals surface area contributed by atoms with Crippen molar-refractivity contribution >= 4 is 26.9 Å². The zero-order valence-electron chi connectivity index (χ0n) is 19.3. The van der Waals surface area contributed by atoms with Crippen LogP contribution in [0.5, 0.6) is 5.75 Å². The quantitative estimate of drug-likeness (QED) is 0.346. The lowest BCUT2D eigenvalue weighted by Crippen LogP contribution is -2.57. The Bertz CT molecular complexity index is 1610. The number of nitrogens with one attached hydrogen (secondary N) is 1. The van der Waals surface area contributed by atoms with E-state index in [0.29, 0.717) is 23.4 Å². The number of hydrogen-bond acceptors (Lipinski definition) is 7. The van der Waals surface area contributed by atoms with Gasteiger partial charge in [-0.3, -0.25) is 4.79 Å². The molecule has 2 aromatic carbocycles. The molecule has 1 fully saturated rings. The Kier molecular flexibility index (Phi) is 6.53. The first-order chi connectivity index (χ1) is 18.0. The van der Waals surface area contributed by atoms with E-state index in [1.807, 2.05) is 0 Å². The largest absolute Gasteiger partial charge is 0.573 e. The molecule has 0 bridgehead atoms. The molecule has 1 amide bonds. The summed E-state index contributed by atoms with van der Waals surface area (Å²) in [6, 6.07) is 10.5. The fraction of sp³-hybridized carbons (Fsp3) is 0.208. The second kappa shape index (κ2) is 9.68. The summed E-state index contributed by atoms with van der Waals surface area (Å²) in [6.45, 7) is 0.0649. The van der Waals surface area contributed by atoms with Gasteiger partial charge in [-0.15, -0.1) is 13.2 Å². The van der Waals surface area contributed by atoms with Gasteiger partial charge in [0.2, 0.25) is 11.0 Å². The van der Waals surface area contributed by atoms with Crippen molar-refractivity contribution in [1.82, 2.24) is 19.6 Å². The average Bonchev–Trinajstić information content (AvgIpc) is 3.26. The number of nitrogens with zero attached hydrogens (tertiary/aromatic N) is 3. The van der Waals surface area contributed by atoms with Crippen LogP contribution < -0.4 is 10.1 Å².